The van der Waals surface area contributed by atoms with E-state index in [4.69, 9.17) is 4.74 Å². The summed E-state index contributed by atoms with van der Waals surface area (Å²) in [4.78, 5) is 25.5. The minimum atomic E-state index is -4.41. The maximum absolute atomic E-state index is 12.8. The molecule has 8 heteroatoms. The molecule has 1 aliphatic rings. The van der Waals surface area contributed by atoms with Crippen molar-refractivity contribution in [3.63, 3.8) is 0 Å². The highest BCUT2D eigenvalue weighted by molar-refractivity contribution is 5.95. The predicted octanol–water partition coefficient (Wildman–Crippen LogP) is 3.99. The SMILES string of the molecule is COC(=O)c1ccc(N2CC(c3ccc(C(F)(F)F)cc3)OCCC2=O)cc1. The highest BCUT2D eigenvalue weighted by atomic mass is 19.4. The number of methoxy groups -OCH3 is 1. The van der Waals surface area contributed by atoms with Gasteiger partial charge >= 0.3 is 12.1 Å². The van der Waals surface area contributed by atoms with E-state index in [0.29, 0.717) is 16.8 Å². The number of nitrogens with zero attached hydrogens (tertiary/aromatic N) is 1. The van der Waals surface area contributed by atoms with Gasteiger partial charge in [0.05, 0.1) is 37.8 Å². The summed E-state index contributed by atoms with van der Waals surface area (Å²) < 4.78 is 48.6. The summed E-state index contributed by atoms with van der Waals surface area (Å²) in [6.45, 7) is 0.322. The van der Waals surface area contributed by atoms with Crippen molar-refractivity contribution < 1.29 is 32.2 Å². The molecule has 1 atom stereocenters. The summed E-state index contributed by atoms with van der Waals surface area (Å²) in [5.74, 6) is -0.653. The molecule has 1 heterocycles. The molecule has 1 fully saturated rings. The number of amides is 1. The van der Waals surface area contributed by atoms with E-state index in [9.17, 15) is 22.8 Å². The summed E-state index contributed by atoms with van der Waals surface area (Å²) >= 11 is 0. The smallest absolute Gasteiger partial charge is 0.416 e. The van der Waals surface area contributed by atoms with Gasteiger partial charge in [-0.15, -0.1) is 0 Å². The van der Waals surface area contributed by atoms with E-state index >= 15 is 0 Å². The Balaban J connectivity index is 1.82. The van der Waals surface area contributed by atoms with Crippen LogP contribution in [0, 0.1) is 0 Å². The van der Waals surface area contributed by atoms with Crippen molar-refractivity contribution in [1.29, 1.82) is 0 Å². The van der Waals surface area contributed by atoms with Crippen LogP contribution < -0.4 is 4.90 Å². The van der Waals surface area contributed by atoms with Crippen LogP contribution in [0.4, 0.5) is 18.9 Å². The highest BCUT2D eigenvalue weighted by Gasteiger charge is 2.31. The molecule has 0 saturated carbocycles. The Morgan fingerprint density at radius 2 is 1.75 bits per heavy atom. The van der Waals surface area contributed by atoms with Gasteiger partial charge in [0.25, 0.3) is 0 Å². The van der Waals surface area contributed by atoms with E-state index in [0.717, 1.165) is 12.1 Å². The number of hydrogen-bond donors (Lipinski definition) is 0. The molecule has 0 N–H and O–H groups in total. The lowest BCUT2D eigenvalue weighted by molar-refractivity contribution is -0.137. The summed E-state index contributed by atoms with van der Waals surface area (Å²) in [6, 6.07) is 11.1. The van der Waals surface area contributed by atoms with Gasteiger partial charge in [-0.25, -0.2) is 4.79 Å². The van der Waals surface area contributed by atoms with Crippen LogP contribution >= 0.6 is 0 Å². The molecule has 28 heavy (non-hydrogen) atoms. The third-order valence-corrected chi connectivity index (χ3v) is 4.49. The van der Waals surface area contributed by atoms with Gasteiger partial charge in [0, 0.05) is 5.69 Å². The van der Waals surface area contributed by atoms with Crippen molar-refractivity contribution in [1.82, 2.24) is 0 Å². The lowest BCUT2D eigenvalue weighted by atomic mass is 10.1. The van der Waals surface area contributed by atoms with E-state index in [1.807, 2.05) is 0 Å². The maximum Gasteiger partial charge on any atom is 0.416 e. The lowest BCUT2D eigenvalue weighted by Gasteiger charge is -2.25. The number of carbonyl (C=O) groups is 2. The average Bonchev–Trinajstić information content (AvgIpc) is 2.88. The van der Waals surface area contributed by atoms with Crippen LogP contribution in [0.1, 0.15) is 34.0 Å². The number of alkyl halides is 3. The summed E-state index contributed by atoms with van der Waals surface area (Å²) in [7, 11) is 1.28. The van der Waals surface area contributed by atoms with Crippen molar-refractivity contribution in [3.05, 3.63) is 65.2 Å². The zero-order valence-electron chi connectivity index (χ0n) is 15.0. The Morgan fingerprint density at radius 3 is 2.32 bits per heavy atom. The van der Waals surface area contributed by atoms with Crippen molar-refractivity contribution in [2.45, 2.75) is 18.7 Å². The van der Waals surface area contributed by atoms with Crippen molar-refractivity contribution in [3.8, 4) is 0 Å². The average molecular weight is 393 g/mol. The molecular weight excluding hydrogens is 375 g/mol. The van der Waals surface area contributed by atoms with Gasteiger partial charge in [-0.2, -0.15) is 13.2 Å². The third-order valence-electron chi connectivity index (χ3n) is 4.49. The molecule has 0 aromatic heterocycles. The van der Waals surface area contributed by atoms with Crippen LogP contribution in [-0.4, -0.2) is 32.1 Å². The molecular formula is C20H18F3NO4. The number of halogens is 3. The Hall–Kier alpha value is -2.87. The van der Waals surface area contributed by atoms with Crippen LogP contribution in [0.5, 0.6) is 0 Å². The van der Waals surface area contributed by atoms with E-state index in [-0.39, 0.29) is 25.5 Å². The summed E-state index contributed by atoms with van der Waals surface area (Å²) in [6.07, 6.45) is -4.82. The lowest BCUT2D eigenvalue weighted by Crippen LogP contribution is -2.32. The molecule has 2 aromatic rings. The predicted molar refractivity (Wildman–Crippen MR) is 94.9 cm³/mol. The topological polar surface area (TPSA) is 55.8 Å². The van der Waals surface area contributed by atoms with E-state index in [2.05, 4.69) is 4.74 Å². The number of rotatable bonds is 3. The number of esters is 1. The number of hydrogen-bond acceptors (Lipinski definition) is 4. The first-order valence-electron chi connectivity index (χ1n) is 8.57. The van der Waals surface area contributed by atoms with Crippen LogP contribution in [0.3, 0.4) is 0 Å². The van der Waals surface area contributed by atoms with Gasteiger partial charge in [-0.3, -0.25) is 4.79 Å². The second-order valence-corrected chi connectivity index (χ2v) is 6.27. The zero-order valence-corrected chi connectivity index (χ0v) is 15.0. The molecule has 1 saturated heterocycles. The third kappa shape index (κ3) is 4.33. The minimum Gasteiger partial charge on any atom is -0.465 e. The van der Waals surface area contributed by atoms with Gasteiger partial charge < -0.3 is 14.4 Å². The maximum atomic E-state index is 12.8. The first kappa shape index (κ1) is 19.9. The van der Waals surface area contributed by atoms with Crippen LogP contribution in [0.15, 0.2) is 48.5 Å². The standard InChI is InChI=1S/C20H18F3NO4/c1-27-19(26)14-4-8-16(9-5-14)24-12-17(28-11-10-18(24)25)13-2-6-15(7-3-13)20(21,22)23/h2-9,17H,10-12H2,1H3. The molecule has 1 unspecified atom stereocenters. The Morgan fingerprint density at radius 1 is 1.11 bits per heavy atom. The fourth-order valence-corrected chi connectivity index (χ4v) is 2.98. The number of ether oxygens (including phenoxy) is 2. The number of anilines is 1. The highest BCUT2D eigenvalue weighted by Crippen LogP contribution is 2.32. The number of carbonyl (C=O) groups excluding carboxylic acids is 2. The molecule has 0 bridgehead atoms. The monoisotopic (exact) mass is 393 g/mol. The Bertz CT molecular complexity index is 847. The van der Waals surface area contributed by atoms with Crippen LogP contribution in [-0.2, 0) is 20.4 Å². The molecule has 0 aliphatic carbocycles. The minimum absolute atomic E-state index is 0.149. The summed E-state index contributed by atoms with van der Waals surface area (Å²) in [5, 5.41) is 0. The van der Waals surface area contributed by atoms with Crippen LogP contribution in [0.25, 0.3) is 0 Å². The molecule has 0 spiro atoms. The van der Waals surface area contributed by atoms with E-state index in [1.165, 1.54) is 24.1 Å². The van der Waals surface area contributed by atoms with Gasteiger partial charge in [0.15, 0.2) is 0 Å². The molecule has 148 valence electrons. The molecule has 1 amide bonds. The fourth-order valence-electron chi connectivity index (χ4n) is 2.98. The Kier molecular flexibility index (Phi) is 5.69. The molecule has 0 radical (unpaired) electrons. The van der Waals surface area contributed by atoms with E-state index < -0.39 is 23.8 Å². The first-order valence-corrected chi connectivity index (χ1v) is 8.57. The van der Waals surface area contributed by atoms with Crippen LogP contribution in [0.2, 0.25) is 0 Å². The van der Waals surface area contributed by atoms with Gasteiger partial charge in [-0.05, 0) is 42.0 Å². The van der Waals surface area contributed by atoms with Crippen molar-refractivity contribution in [2.75, 3.05) is 25.2 Å². The summed E-state index contributed by atoms with van der Waals surface area (Å²) in [5.41, 5.74) is 0.735. The molecule has 3 rings (SSSR count). The number of benzene rings is 2. The molecule has 2 aromatic carbocycles. The van der Waals surface area contributed by atoms with Gasteiger partial charge in [-0.1, -0.05) is 12.1 Å². The van der Waals surface area contributed by atoms with Gasteiger partial charge in [0.2, 0.25) is 5.91 Å². The van der Waals surface area contributed by atoms with Crippen molar-refractivity contribution >= 4 is 17.6 Å². The van der Waals surface area contributed by atoms with Crippen molar-refractivity contribution in [2.24, 2.45) is 0 Å². The zero-order chi connectivity index (χ0) is 20.3. The Labute approximate surface area is 159 Å². The quantitative estimate of drug-likeness (QED) is 0.740. The largest absolute Gasteiger partial charge is 0.465 e. The second kappa shape index (κ2) is 8.02. The molecule has 5 nitrogen and oxygen atoms in total. The molecule has 1 aliphatic heterocycles. The van der Waals surface area contributed by atoms with Gasteiger partial charge in [0.1, 0.15) is 6.10 Å². The second-order valence-electron chi connectivity index (χ2n) is 6.27. The fraction of sp³-hybridized carbons (Fsp3) is 0.300. The first-order chi connectivity index (χ1) is 13.3. The normalized spacial score (nSPS) is 17.9. The van der Waals surface area contributed by atoms with E-state index in [1.54, 1.807) is 24.3 Å².